The molecular formula is C27H27FN6O. The fourth-order valence-corrected chi connectivity index (χ4v) is 4.44. The first-order valence-corrected chi connectivity index (χ1v) is 11.8. The molecule has 1 saturated heterocycles. The maximum atomic E-state index is 13.4. The van der Waals surface area contributed by atoms with Crippen LogP contribution in [0.3, 0.4) is 0 Å². The molecule has 35 heavy (non-hydrogen) atoms. The molecule has 1 fully saturated rings. The van der Waals surface area contributed by atoms with Crippen LogP contribution < -0.4 is 10.1 Å². The van der Waals surface area contributed by atoms with Gasteiger partial charge in [0, 0.05) is 18.4 Å². The molecule has 8 heteroatoms. The SMILES string of the molecule is CC1CCN(Cc2ccn3ncnc(Nc4ccc(OCc5cccc(F)c5)c(C#N)c4)c23)CC1. The van der Waals surface area contributed by atoms with Crippen molar-refractivity contribution < 1.29 is 9.13 Å². The monoisotopic (exact) mass is 470 g/mol. The van der Waals surface area contributed by atoms with Gasteiger partial charge in [0.1, 0.15) is 36.1 Å². The van der Waals surface area contributed by atoms with Gasteiger partial charge < -0.3 is 10.1 Å². The maximum Gasteiger partial charge on any atom is 0.158 e. The van der Waals surface area contributed by atoms with Crippen molar-refractivity contribution in [1.29, 1.82) is 5.26 Å². The average molecular weight is 471 g/mol. The molecule has 2 aromatic carbocycles. The Bertz CT molecular complexity index is 1370. The summed E-state index contributed by atoms with van der Waals surface area (Å²) in [4.78, 5) is 6.97. The molecule has 0 amide bonds. The van der Waals surface area contributed by atoms with Gasteiger partial charge in [-0.25, -0.2) is 13.9 Å². The number of rotatable bonds is 7. The fraction of sp³-hybridized carbons (Fsp3) is 0.296. The number of aromatic nitrogens is 3. The van der Waals surface area contributed by atoms with Gasteiger partial charge in [-0.15, -0.1) is 0 Å². The minimum absolute atomic E-state index is 0.175. The van der Waals surface area contributed by atoms with E-state index in [0.29, 0.717) is 22.7 Å². The van der Waals surface area contributed by atoms with Gasteiger partial charge in [-0.1, -0.05) is 19.1 Å². The van der Waals surface area contributed by atoms with Crippen molar-refractivity contribution >= 4 is 17.0 Å². The third-order valence-corrected chi connectivity index (χ3v) is 6.45. The van der Waals surface area contributed by atoms with E-state index in [9.17, 15) is 9.65 Å². The van der Waals surface area contributed by atoms with Gasteiger partial charge in [-0.05, 0) is 79.4 Å². The average Bonchev–Trinajstić information content (AvgIpc) is 3.28. The molecule has 4 aromatic rings. The van der Waals surface area contributed by atoms with Gasteiger partial charge in [0.2, 0.25) is 0 Å². The normalized spacial score (nSPS) is 14.7. The zero-order valence-corrected chi connectivity index (χ0v) is 19.6. The number of piperidine rings is 1. The van der Waals surface area contributed by atoms with E-state index >= 15 is 0 Å². The predicted molar refractivity (Wildman–Crippen MR) is 132 cm³/mol. The molecule has 0 unspecified atom stereocenters. The molecule has 1 aliphatic heterocycles. The minimum atomic E-state index is -0.318. The summed E-state index contributed by atoms with van der Waals surface area (Å²) in [5.41, 5.74) is 3.89. The second kappa shape index (κ2) is 10.1. The highest BCUT2D eigenvalue weighted by Crippen LogP contribution is 2.28. The molecule has 0 spiro atoms. The van der Waals surface area contributed by atoms with E-state index in [1.165, 1.54) is 36.9 Å². The Balaban J connectivity index is 1.35. The van der Waals surface area contributed by atoms with E-state index in [1.807, 2.05) is 16.8 Å². The van der Waals surface area contributed by atoms with E-state index < -0.39 is 0 Å². The van der Waals surface area contributed by atoms with Gasteiger partial charge in [-0.2, -0.15) is 10.4 Å². The molecule has 5 rings (SSSR count). The van der Waals surface area contributed by atoms with Crippen molar-refractivity contribution in [2.45, 2.75) is 32.9 Å². The van der Waals surface area contributed by atoms with Gasteiger partial charge in [-0.3, -0.25) is 4.90 Å². The summed E-state index contributed by atoms with van der Waals surface area (Å²) < 4.78 is 21.1. The van der Waals surface area contributed by atoms with Crippen LogP contribution in [0.15, 0.2) is 61.1 Å². The number of nitrogens with zero attached hydrogens (tertiary/aromatic N) is 5. The predicted octanol–water partition coefficient (Wildman–Crippen LogP) is 5.29. The number of nitriles is 1. The van der Waals surface area contributed by atoms with E-state index in [2.05, 4.69) is 39.4 Å². The van der Waals surface area contributed by atoms with Crippen LogP contribution in [0.4, 0.5) is 15.9 Å². The molecule has 0 saturated carbocycles. The summed E-state index contributed by atoms with van der Waals surface area (Å²) >= 11 is 0. The minimum Gasteiger partial charge on any atom is -0.488 e. The van der Waals surface area contributed by atoms with Crippen molar-refractivity contribution in [3.05, 3.63) is 83.6 Å². The number of nitrogens with one attached hydrogen (secondary N) is 1. The lowest BCUT2D eigenvalue weighted by Gasteiger charge is -2.30. The first-order valence-electron chi connectivity index (χ1n) is 11.8. The Morgan fingerprint density at radius 1 is 1.17 bits per heavy atom. The molecule has 0 atom stereocenters. The summed E-state index contributed by atoms with van der Waals surface area (Å²) in [6, 6.07) is 15.8. The maximum absolute atomic E-state index is 13.4. The van der Waals surface area contributed by atoms with Gasteiger partial charge in [0.25, 0.3) is 0 Å². The third kappa shape index (κ3) is 5.26. The van der Waals surface area contributed by atoms with Crippen molar-refractivity contribution in [3.8, 4) is 11.8 Å². The Hall–Kier alpha value is -3.96. The standard InChI is InChI=1S/C27H27FN6O/c1-19-7-10-33(11-8-19)16-21-9-12-34-26(21)27(30-18-31-34)32-24-5-6-25(22(14-24)15-29)35-17-20-3-2-4-23(28)13-20/h2-6,9,12-14,18-19H,7-8,10-11,16-17H2,1H3,(H,30,31,32). The number of ether oxygens (including phenoxy) is 1. The van der Waals surface area contributed by atoms with Crippen LogP contribution in [-0.4, -0.2) is 32.6 Å². The number of benzene rings is 2. The zero-order chi connectivity index (χ0) is 24.2. The molecule has 7 nitrogen and oxygen atoms in total. The van der Waals surface area contributed by atoms with E-state index in [-0.39, 0.29) is 12.4 Å². The number of halogens is 1. The highest BCUT2D eigenvalue weighted by Gasteiger charge is 2.19. The molecule has 1 N–H and O–H groups in total. The Morgan fingerprint density at radius 2 is 2.03 bits per heavy atom. The van der Waals surface area contributed by atoms with Crippen LogP contribution in [0.25, 0.3) is 5.52 Å². The van der Waals surface area contributed by atoms with Crippen molar-refractivity contribution in [1.82, 2.24) is 19.5 Å². The van der Waals surface area contributed by atoms with Gasteiger partial charge in [0.05, 0.1) is 5.56 Å². The molecule has 0 aliphatic carbocycles. The van der Waals surface area contributed by atoms with Crippen molar-refractivity contribution in [2.75, 3.05) is 18.4 Å². The van der Waals surface area contributed by atoms with Crippen molar-refractivity contribution in [3.63, 3.8) is 0 Å². The Kier molecular flexibility index (Phi) is 6.59. The lowest BCUT2D eigenvalue weighted by molar-refractivity contribution is 0.186. The van der Waals surface area contributed by atoms with E-state index in [1.54, 1.807) is 24.3 Å². The Labute approximate surface area is 203 Å². The second-order valence-electron chi connectivity index (χ2n) is 9.07. The van der Waals surface area contributed by atoms with E-state index in [4.69, 9.17) is 4.74 Å². The highest BCUT2D eigenvalue weighted by molar-refractivity contribution is 5.77. The zero-order valence-electron chi connectivity index (χ0n) is 19.6. The summed E-state index contributed by atoms with van der Waals surface area (Å²) in [5, 5.41) is 17.4. The van der Waals surface area contributed by atoms with Crippen LogP contribution >= 0.6 is 0 Å². The Morgan fingerprint density at radius 3 is 2.83 bits per heavy atom. The third-order valence-electron chi connectivity index (χ3n) is 6.45. The highest BCUT2D eigenvalue weighted by atomic mass is 19.1. The molecule has 0 radical (unpaired) electrons. The smallest absolute Gasteiger partial charge is 0.158 e. The number of fused-ring (bicyclic) bond motifs is 1. The first-order chi connectivity index (χ1) is 17.1. The topological polar surface area (TPSA) is 78.5 Å². The number of likely N-dealkylation sites (tertiary alicyclic amines) is 1. The van der Waals surface area contributed by atoms with E-state index in [0.717, 1.165) is 36.8 Å². The lowest BCUT2D eigenvalue weighted by atomic mass is 9.99. The number of anilines is 2. The van der Waals surface area contributed by atoms with Crippen LogP contribution in [0, 0.1) is 23.1 Å². The van der Waals surface area contributed by atoms with Crippen LogP contribution in [0.2, 0.25) is 0 Å². The molecule has 1 aliphatic rings. The first kappa shape index (κ1) is 22.8. The van der Waals surface area contributed by atoms with Crippen LogP contribution in [-0.2, 0) is 13.2 Å². The fourth-order valence-electron chi connectivity index (χ4n) is 4.44. The summed E-state index contributed by atoms with van der Waals surface area (Å²) in [6.45, 7) is 5.53. The van der Waals surface area contributed by atoms with Crippen LogP contribution in [0.1, 0.15) is 36.5 Å². The summed E-state index contributed by atoms with van der Waals surface area (Å²) in [6.07, 6.45) is 5.91. The van der Waals surface area contributed by atoms with Gasteiger partial charge >= 0.3 is 0 Å². The number of hydrogen-bond acceptors (Lipinski definition) is 6. The number of hydrogen-bond donors (Lipinski definition) is 1. The lowest BCUT2D eigenvalue weighted by Crippen LogP contribution is -2.32. The largest absolute Gasteiger partial charge is 0.488 e. The molecule has 0 bridgehead atoms. The molecule has 2 aromatic heterocycles. The summed E-state index contributed by atoms with van der Waals surface area (Å²) in [7, 11) is 0. The summed E-state index contributed by atoms with van der Waals surface area (Å²) in [5.74, 6) is 1.59. The quantitative estimate of drug-likeness (QED) is 0.395. The molecule has 178 valence electrons. The van der Waals surface area contributed by atoms with Crippen LogP contribution in [0.5, 0.6) is 5.75 Å². The van der Waals surface area contributed by atoms with Crippen molar-refractivity contribution in [2.24, 2.45) is 5.92 Å². The molecular weight excluding hydrogens is 443 g/mol. The second-order valence-corrected chi connectivity index (χ2v) is 9.07. The molecule has 3 heterocycles. The van der Waals surface area contributed by atoms with Gasteiger partial charge in [0.15, 0.2) is 5.82 Å².